The Hall–Kier alpha value is -2.70. The van der Waals surface area contributed by atoms with Crippen molar-refractivity contribution in [2.75, 3.05) is 7.11 Å². The molecule has 0 spiro atoms. The minimum atomic E-state index is -0.760. The second kappa shape index (κ2) is 7.68. The maximum absolute atomic E-state index is 12.8. The molecule has 140 valence electrons. The highest BCUT2D eigenvalue weighted by Gasteiger charge is 2.40. The molecule has 0 radical (unpaired) electrons. The van der Waals surface area contributed by atoms with E-state index in [9.17, 15) is 14.7 Å². The van der Waals surface area contributed by atoms with E-state index in [1.165, 1.54) is 13.2 Å². The molecule has 3 rings (SSSR count). The maximum atomic E-state index is 12.8. The number of carbonyl (C=O) groups is 2. The standard InChI is InChI=1S/C19H24N2O5/c1-11-16(18(23)26-13-6-4-3-5-7-13)17(21-19(24)20-11)12-8-9-14(22)15(10-12)25-2/h8-10,13,16-17,22H,1,3-7H2,2H3,(H2,20,21,24). The molecule has 7 heteroatoms. The topological polar surface area (TPSA) is 96.9 Å². The van der Waals surface area contributed by atoms with E-state index < -0.39 is 24.0 Å². The van der Waals surface area contributed by atoms with Gasteiger partial charge < -0.3 is 25.2 Å². The Kier molecular flexibility index (Phi) is 5.35. The van der Waals surface area contributed by atoms with Gasteiger partial charge in [-0.05, 0) is 43.4 Å². The number of esters is 1. The molecule has 7 nitrogen and oxygen atoms in total. The predicted molar refractivity (Wildman–Crippen MR) is 94.7 cm³/mol. The summed E-state index contributed by atoms with van der Waals surface area (Å²) in [6.45, 7) is 3.84. The Labute approximate surface area is 152 Å². The first-order valence-electron chi connectivity index (χ1n) is 8.83. The van der Waals surface area contributed by atoms with Gasteiger partial charge >= 0.3 is 12.0 Å². The van der Waals surface area contributed by atoms with Crippen LogP contribution in [0.5, 0.6) is 11.5 Å². The normalized spacial score (nSPS) is 23.7. The minimum Gasteiger partial charge on any atom is -0.504 e. The molecule has 1 heterocycles. The van der Waals surface area contributed by atoms with Crippen molar-refractivity contribution in [3.8, 4) is 11.5 Å². The molecule has 1 aromatic rings. The number of aromatic hydroxyl groups is 1. The van der Waals surface area contributed by atoms with Crippen LogP contribution in [0.3, 0.4) is 0 Å². The van der Waals surface area contributed by atoms with Crippen molar-refractivity contribution < 1.29 is 24.2 Å². The van der Waals surface area contributed by atoms with Crippen LogP contribution in [-0.4, -0.2) is 30.3 Å². The molecule has 1 aliphatic carbocycles. The third-order valence-electron chi connectivity index (χ3n) is 4.92. The van der Waals surface area contributed by atoms with Crippen LogP contribution in [0.4, 0.5) is 4.79 Å². The summed E-state index contributed by atoms with van der Waals surface area (Å²) in [5.74, 6) is -0.924. The third-order valence-corrected chi connectivity index (χ3v) is 4.92. The van der Waals surface area contributed by atoms with Gasteiger partial charge in [-0.1, -0.05) is 19.1 Å². The van der Waals surface area contributed by atoms with E-state index in [1.54, 1.807) is 12.1 Å². The lowest BCUT2D eigenvalue weighted by atomic mass is 9.88. The van der Waals surface area contributed by atoms with E-state index in [-0.39, 0.29) is 17.6 Å². The van der Waals surface area contributed by atoms with Gasteiger partial charge in [-0.2, -0.15) is 0 Å². The number of phenols is 1. The zero-order valence-corrected chi connectivity index (χ0v) is 14.8. The number of hydrogen-bond acceptors (Lipinski definition) is 5. The number of benzene rings is 1. The first-order chi connectivity index (χ1) is 12.5. The number of amides is 2. The number of phenolic OH excluding ortho intramolecular Hbond substituents is 1. The van der Waals surface area contributed by atoms with Gasteiger partial charge in [0.2, 0.25) is 0 Å². The summed E-state index contributed by atoms with van der Waals surface area (Å²) < 4.78 is 10.8. The summed E-state index contributed by atoms with van der Waals surface area (Å²) in [6, 6.07) is 3.62. The van der Waals surface area contributed by atoms with Crippen LogP contribution in [0.1, 0.15) is 43.7 Å². The quantitative estimate of drug-likeness (QED) is 0.718. The van der Waals surface area contributed by atoms with Gasteiger partial charge in [-0.15, -0.1) is 0 Å². The summed E-state index contributed by atoms with van der Waals surface area (Å²) in [6.07, 6.45) is 4.91. The van der Waals surface area contributed by atoms with Crippen LogP contribution in [-0.2, 0) is 9.53 Å². The van der Waals surface area contributed by atoms with Crippen molar-refractivity contribution in [3.05, 3.63) is 36.0 Å². The molecule has 3 N–H and O–H groups in total. The molecule has 2 atom stereocenters. The van der Waals surface area contributed by atoms with Crippen LogP contribution in [0.25, 0.3) is 0 Å². The number of carbonyl (C=O) groups excluding carboxylic acids is 2. The molecule has 2 unspecified atom stereocenters. The lowest BCUT2D eigenvalue weighted by molar-refractivity contribution is -0.155. The average molecular weight is 360 g/mol. The average Bonchev–Trinajstić information content (AvgIpc) is 2.62. The van der Waals surface area contributed by atoms with E-state index in [0.29, 0.717) is 11.3 Å². The summed E-state index contributed by atoms with van der Waals surface area (Å²) in [5, 5.41) is 15.1. The Morgan fingerprint density at radius 3 is 2.69 bits per heavy atom. The summed E-state index contributed by atoms with van der Waals surface area (Å²) in [7, 11) is 1.44. The fraction of sp³-hybridized carbons (Fsp3) is 0.474. The smallest absolute Gasteiger partial charge is 0.319 e. The zero-order valence-electron chi connectivity index (χ0n) is 14.8. The fourth-order valence-electron chi connectivity index (χ4n) is 3.55. The Bertz CT molecular complexity index is 712. The molecule has 2 aliphatic rings. The van der Waals surface area contributed by atoms with Crippen LogP contribution < -0.4 is 15.4 Å². The Morgan fingerprint density at radius 2 is 2.00 bits per heavy atom. The molecule has 1 saturated carbocycles. The van der Waals surface area contributed by atoms with Crippen molar-refractivity contribution in [1.29, 1.82) is 0 Å². The minimum absolute atomic E-state index is 0.0170. The van der Waals surface area contributed by atoms with E-state index in [0.717, 1.165) is 32.1 Å². The molecule has 2 amide bonds. The van der Waals surface area contributed by atoms with E-state index in [4.69, 9.17) is 9.47 Å². The first-order valence-corrected chi connectivity index (χ1v) is 8.83. The van der Waals surface area contributed by atoms with Crippen molar-refractivity contribution >= 4 is 12.0 Å². The molecular formula is C19H24N2O5. The number of hydrogen-bond donors (Lipinski definition) is 3. The van der Waals surface area contributed by atoms with Crippen LogP contribution in [0.15, 0.2) is 30.5 Å². The monoisotopic (exact) mass is 360 g/mol. The van der Waals surface area contributed by atoms with Crippen molar-refractivity contribution in [2.45, 2.75) is 44.2 Å². The summed E-state index contributed by atoms with van der Waals surface area (Å²) in [5.41, 5.74) is 0.924. The lowest BCUT2D eigenvalue weighted by Crippen LogP contribution is -2.51. The molecule has 1 aliphatic heterocycles. The zero-order chi connectivity index (χ0) is 18.7. The molecule has 26 heavy (non-hydrogen) atoms. The molecule has 1 aromatic carbocycles. The fourth-order valence-corrected chi connectivity index (χ4v) is 3.55. The van der Waals surface area contributed by atoms with Crippen LogP contribution in [0.2, 0.25) is 0 Å². The van der Waals surface area contributed by atoms with Gasteiger partial charge in [0.15, 0.2) is 11.5 Å². The van der Waals surface area contributed by atoms with Gasteiger partial charge in [0.05, 0.1) is 13.2 Å². The van der Waals surface area contributed by atoms with E-state index in [1.807, 2.05) is 0 Å². The number of nitrogens with one attached hydrogen (secondary N) is 2. The largest absolute Gasteiger partial charge is 0.504 e. The second-order valence-electron chi connectivity index (χ2n) is 6.71. The Balaban J connectivity index is 1.85. The molecule has 0 bridgehead atoms. The predicted octanol–water partition coefficient (Wildman–Crippen LogP) is 2.76. The second-order valence-corrected chi connectivity index (χ2v) is 6.71. The summed E-state index contributed by atoms with van der Waals surface area (Å²) in [4.78, 5) is 24.8. The number of rotatable bonds is 4. The molecule has 0 aromatic heterocycles. The summed E-state index contributed by atoms with van der Waals surface area (Å²) >= 11 is 0. The lowest BCUT2D eigenvalue weighted by Gasteiger charge is -2.34. The van der Waals surface area contributed by atoms with Crippen molar-refractivity contribution in [2.24, 2.45) is 5.92 Å². The first kappa shape index (κ1) is 18.1. The van der Waals surface area contributed by atoms with Crippen molar-refractivity contribution in [3.63, 3.8) is 0 Å². The highest BCUT2D eigenvalue weighted by molar-refractivity contribution is 5.85. The molecule has 2 fully saturated rings. The van der Waals surface area contributed by atoms with Crippen molar-refractivity contribution in [1.82, 2.24) is 10.6 Å². The van der Waals surface area contributed by atoms with Gasteiger partial charge in [-0.25, -0.2) is 4.79 Å². The highest BCUT2D eigenvalue weighted by Crippen LogP contribution is 2.36. The van der Waals surface area contributed by atoms with E-state index in [2.05, 4.69) is 17.2 Å². The number of urea groups is 1. The van der Waals surface area contributed by atoms with Crippen LogP contribution >= 0.6 is 0 Å². The maximum Gasteiger partial charge on any atom is 0.319 e. The molecular weight excluding hydrogens is 336 g/mol. The SMILES string of the molecule is C=C1NC(=O)NC(c2ccc(O)c(OC)c2)C1C(=O)OC1CCCCC1. The van der Waals surface area contributed by atoms with E-state index >= 15 is 0 Å². The third kappa shape index (κ3) is 3.76. The van der Waals surface area contributed by atoms with Gasteiger partial charge in [-0.3, -0.25) is 4.79 Å². The molecule has 1 saturated heterocycles. The van der Waals surface area contributed by atoms with Gasteiger partial charge in [0.1, 0.15) is 12.0 Å². The number of methoxy groups -OCH3 is 1. The van der Waals surface area contributed by atoms with Gasteiger partial charge in [0.25, 0.3) is 0 Å². The number of ether oxygens (including phenoxy) is 2. The Morgan fingerprint density at radius 1 is 1.27 bits per heavy atom. The van der Waals surface area contributed by atoms with Gasteiger partial charge in [0, 0.05) is 5.70 Å². The van der Waals surface area contributed by atoms with Crippen LogP contribution in [0, 0.1) is 5.92 Å². The highest BCUT2D eigenvalue weighted by atomic mass is 16.5.